The number of ether oxygens (including phenoxy) is 2. The number of ketones is 1. The fourth-order valence-electron chi connectivity index (χ4n) is 2.78. The van der Waals surface area contributed by atoms with E-state index in [1.54, 1.807) is 24.3 Å². The molecule has 3 rings (SSSR count). The summed E-state index contributed by atoms with van der Waals surface area (Å²) in [6.45, 7) is 0. The van der Waals surface area contributed by atoms with Crippen molar-refractivity contribution in [3.05, 3.63) is 52.9 Å². The van der Waals surface area contributed by atoms with E-state index in [1.165, 1.54) is 7.11 Å². The standard InChI is InChI=1S/C16H16O7/c1-22-8-4-2-7(3-5-8)15-10(17)6-9-11(18)12(19)13(20)14(21)16(9)23-15/h2-5,9,11,15,18-21H,6H2,1H3. The molecule has 122 valence electrons. The van der Waals surface area contributed by atoms with Crippen LogP contribution in [-0.2, 0) is 9.53 Å². The van der Waals surface area contributed by atoms with Crippen LogP contribution in [0.2, 0.25) is 0 Å². The molecule has 0 aromatic heterocycles. The van der Waals surface area contributed by atoms with Crippen LogP contribution >= 0.6 is 0 Å². The maximum atomic E-state index is 12.3. The van der Waals surface area contributed by atoms with Crippen molar-refractivity contribution in [3.8, 4) is 5.75 Å². The smallest absolute Gasteiger partial charge is 0.202 e. The van der Waals surface area contributed by atoms with Crippen LogP contribution in [0, 0.1) is 5.92 Å². The Morgan fingerprint density at radius 1 is 1.13 bits per heavy atom. The summed E-state index contributed by atoms with van der Waals surface area (Å²) in [6.07, 6.45) is -2.59. The summed E-state index contributed by atoms with van der Waals surface area (Å²) in [4.78, 5) is 12.3. The molecule has 2 aliphatic rings. The molecular formula is C16H16O7. The fourth-order valence-corrected chi connectivity index (χ4v) is 2.78. The molecule has 7 nitrogen and oxygen atoms in total. The third kappa shape index (κ3) is 2.39. The molecule has 1 fully saturated rings. The summed E-state index contributed by atoms with van der Waals surface area (Å²) < 4.78 is 10.6. The number of carbonyl (C=O) groups is 1. The van der Waals surface area contributed by atoms with Gasteiger partial charge in [0.25, 0.3) is 0 Å². The van der Waals surface area contributed by atoms with Crippen LogP contribution in [0.1, 0.15) is 18.1 Å². The lowest BCUT2D eigenvalue weighted by atomic mass is 9.83. The van der Waals surface area contributed by atoms with E-state index >= 15 is 0 Å². The van der Waals surface area contributed by atoms with E-state index in [2.05, 4.69) is 0 Å². The van der Waals surface area contributed by atoms with E-state index in [-0.39, 0.29) is 18.0 Å². The molecule has 23 heavy (non-hydrogen) atoms. The Balaban J connectivity index is 1.96. The number of hydrogen-bond acceptors (Lipinski definition) is 7. The molecule has 1 aliphatic heterocycles. The minimum Gasteiger partial charge on any atom is -0.506 e. The predicted molar refractivity (Wildman–Crippen MR) is 77.9 cm³/mol. The molecule has 7 heteroatoms. The van der Waals surface area contributed by atoms with Crippen molar-refractivity contribution in [1.82, 2.24) is 0 Å². The zero-order chi connectivity index (χ0) is 16.7. The van der Waals surface area contributed by atoms with E-state index in [0.717, 1.165) is 0 Å². The number of hydrogen-bond donors (Lipinski definition) is 4. The summed E-state index contributed by atoms with van der Waals surface area (Å²) in [6, 6.07) is 6.66. The molecular weight excluding hydrogens is 304 g/mol. The number of carbonyl (C=O) groups excluding carboxylic acids is 1. The molecule has 0 radical (unpaired) electrons. The van der Waals surface area contributed by atoms with Gasteiger partial charge in [-0.1, -0.05) is 12.1 Å². The summed E-state index contributed by atoms with van der Waals surface area (Å²) in [5, 5.41) is 39.1. The first-order chi connectivity index (χ1) is 10.9. The molecule has 0 bridgehead atoms. The van der Waals surface area contributed by atoms with Crippen molar-refractivity contribution in [3.63, 3.8) is 0 Å². The Hall–Kier alpha value is -2.67. The molecule has 1 aromatic carbocycles. The average molecular weight is 320 g/mol. The average Bonchev–Trinajstić information content (AvgIpc) is 2.58. The van der Waals surface area contributed by atoms with Gasteiger partial charge in [0, 0.05) is 12.0 Å². The van der Waals surface area contributed by atoms with Crippen LogP contribution in [0.3, 0.4) is 0 Å². The van der Waals surface area contributed by atoms with Crippen molar-refractivity contribution in [2.45, 2.75) is 18.6 Å². The first-order valence-electron chi connectivity index (χ1n) is 7.01. The summed E-state index contributed by atoms with van der Waals surface area (Å²) in [7, 11) is 1.52. The van der Waals surface area contributed by atoms with Crippen molar-refractivity contribution < 1.29 is 34.7 Å². The lowest BCUT2D eigenvalue weighted by molar-refractivity contribution is -0.137. The SMILES string of the molecule is COc1ccc(C2OC3=C(O)C(O)=C(O)C(O)C3CC2=O)cc1. The highest BCUT2D eigenvalue weighted by Crippen LogP contribution is 2.42. The van der Waals surface area contributed by atoms with Crippen molar-refractivity contribution in [1.29, 1.82) is 0 Å². The largest absolute Gasteiger partial charge is 0.506 e. The van der Waals surface area contributed by atoms with Crippen molar-refractivity contribution in [2.24, 2.45) is 5.92 Å². The Labute approximate surface area is 131 Å². The van der Waals surface area contributed by atoms with Crippen LogP contribution in [0.15, 0.2) is 47.3 Å². The minimum absolute atomic E-state index is 0.104. The van der Waals surface area contributed by atoms with Gasteiger partial charge in [-0.2, -0.15) is 0 Å². The second-order valence-electron chi connectivity index (χ2n) is 5.44. The van der Waals surface area contributed by atoms with Crippen molar-refractivity contribution >= 4 is 5.78 Å². The lowest BCUT2D eigenvalue weighted by Gasteiger charge is -2.36. The van der Waals surface area contributed by atoms with Gasteiger partial charge < -0.3 is 29.9 Å². The van der Waals surface area contributed by atoms with Gasteiger partial charge in [0.05, 0.1) is 13.0 Å². The van der Waals surface area contributed by atoms with E-state index in [9.17, 15) is 25.2 Å². The molecule has 0 saturated carbocycles. The third-order valence-corrected chi connectivity index (χ3v) is 4.08. The normalized spacial score (nSPS) is 27.6. The van der Waals surface area contributed by atoms with Crippen LogP contribution < -0.4 is 4.74 Å². The molecule has 1 saturated heterocycles. The fraction of sp³-hybridized carbons (Fsp3) is 0.312. The third-order valence-electron chi connectivity index (χ3n) is 4.08. The zero-order valence-corrected chi connectivity index (χ0v) is 12.3. The molecule has 1 heterocycles. The molecule has 3 atom stereocenters. The molecule has 4 N–H and O–H groups in total. The Morgan fingerprint density at radius 3 is 2.39 bits per heavy atom. The van der Waals surface area contributed by atoms with E-state index in [1.807, 2.05) is 0 Å². The number of fused-ring (bicyclic) bond motifs is 1. The second-order valence-corrected chi connectivity index (χ2v) is 5.44. The topological polar surface area (TPSA) is 116 Å². The molecule has 0 amide bonds. The first-order valence-corrected chi connectivity index (χ1v) is 7.01. The summed E-state index contributed by atoms with van der Waals surface area (Å²) in [5.74, 6) is -2.98. The van der Waals surface area contributed by atoms with Crippen LogP contribution in [0.25, 0.3) is 0 Å². The second kappa shape index (κ2) is 5.51. The van der Waals surface area contributed by atoms with Gasteiger partial charge in [-0.25, -0.2) is 0 Å². The summed E-state index contributed by atoms with van der Waals surface area (Å²) >= 11 is 0. The molecule has 3 unspecified atom stereocenters. The van der Waals surface area contributed by atoms with Gasteiger partial charge in [-0.3, -0.25) is 4.79 Å². The van der Waals surface area contributed by atoms with Crippen LogP contribution in [0.4, 0.5) is 0 Å². The highest BCUT2D eigenvalue weighted by Gasteiger charge is 2.45. The van der Waals surface area contributed by atoms with Gasteiger partial charge in [-0.05, 0) is 12.1 Å². The van der Waals surface area contributed by atoms with Crippen molar-refractivity contribution in [2.75, 3.05) is 7.11 Å². The lowest BCUT2D eigenvalue weighted by Crippen LogP contribution is -2.39. The quantitative estimate of drug-likeness (QED) is 0.656. The monoisotopic (exact) mass is 320 g/mol. The summed E-state index contributed by atoms with van der Waals surface area (Å²) in [5.41, 5.74) is 0.558. The Morgan fingerprint density at radius 2 is 1.78 bits per heavy atom. The molecule has 0 spiro atoms. The van der Waals surface area contributed by atoms with Gasteiger partial charge in [0.1, 0.15) is 17.6 Å². The maximum absolute atomic E-state index is 12.3. The van der Waals surface area contributed by atoms with Gasteiger partial charge in [0.15, 0.2) is 23.4 Å². The van der Waals surface area contributed by atoms with E-state index < -0.39 is 35.4 Å². The van der Waals surface area contributed by atoms with Gasteiger partial charge in [-0.15, -0.1) is 0 Å². The number of benzene rings is 1. The van der Waals surface area contributed by atoms with Gasteiger partial charge in [0.2, 0.25) is 5.76 Å². The van der Waals surface area contributed by atoms with Crippen LogP contribution in [-0.4, -0.2) is 39.4 Å². The number of rotatable bonds is 2. The first kappa shape index (κ1) is 15.2. The van der Waals surface area contributed by atoms with E-state index in [0.29, 0.717) is 11.3 Å². The van der Waals surface area contributed by atoms with Crippen LogP contribution in [0.5, 0.6) is 5.75 Å². The number of methoxy groups -OCH3 is 1. The highest BCUT2D eigenvalue weighted by atomic mass is 16.5. The number of aliphatic hydroxyl groups excluding tert-OH is 4. The Bertz CT molecular complexity index is 702. The molecule has 1 aromatic rings. The molecule has 1 aliphatic carbocycles. The number of aliphatic hydroxyl groups is 4. The van der Waals surface area contributed by atoms with Gasteiger partial charge >= 0.3 is 0 Å². The highest BCUT2D eigenvalue weighted by molar-refractivity contribution is 5.86. The number of Topliss-reactive ketones (excluding diaryl/α,β-unsaturated/α-hetero) is 1. The van der Waals surface area contributed by atoms with E-state index in [4.69, 9.17) is 9.47 Å². The minimum atomic E-state index is -1.50. The Kier molecular flexibility index (Phi) is 3.65. The zero-order valence-electron chi connectivity index (χ0n) is 12.3. The maximum Gasteiger partial charge on any atom is 0.202 e. The predicted octanol–water partition coefficient (Wildman–Crippen LogP) is 1.81.